The van der Waals surface area contributed by atoms with Gasteiger partial charge < -0.3 is 10.2 Å². The largest absolute Gasteiger partial charge is 0.351 e. The van der Waals surface area contributed by atoms with Crippen molar-refractivity contribution in [2.75, 3.05) is 44.2 Å². The molecule has 2 amide bonds. The van der Waals surface area contributed by atoms with E-state index in [1.165, 1.54) is 0 Å². The molecule has 136 valence electrons. The third-order valence-corrected chi connectivity index (χ3v) is 6.41. The minimum atomic E-state index is -2.99. The Kier molecular flexibility index (Phi) is 5.39. The highest BCUT2D eigenvalue weighted by molar-refractivity contribution is 7.91. The van der Waals surface area contributed by atoms with Crippen molar-refractivity contribution in [3.05, 3.63) is 35.9 Å². The number of carbonyl (C=O) groups excluding carboxylic acids is 2. The van der Waals surface area contributed by atoms with Gasteiger partial charge in [0.25, 0.3) is 5.91 Å². The van der Waals surface area contributed by atoms with E-state index in [4.69, 9.17) is 0 Å². The first-order valence-electron chi connectivity index (χ1n) is 8.49. The average Bonchev–Trinajstić information content (AvgIpc) is 2.94. The average molecular weight is 365 g/mol. The van der Waals surface area contributed by atoms with Gasteiger partial charge in [0.2, 0.25) is 5.91 Å². The Bertz CT molecular complexity index is 728. The molecular weight excluding hydrogens is 342 g/mol. The first kappa shape index (κ1) is 17.9. The van der Waals surface area contributed by atoms with Crippen LogP contribution in [0.25, 0.3) is 0 Å². The molecule has 2 saturated heterocycles. The highest BCUT2D eigenvalue weighted by Crippen LogP contribution is 2.12. The number of nitrogens with zero attached hydrogens (tertiary/aromatic N) is 2. The third-order valence-electron chi connectivity index (χ3n) is 4.65. The molecule has 1 aromatic carbocycles. The summed E-state index contributed by atoms with van der Waals surface area (Å²) in [6, 6.07) is 8.91. The van der Waals surface area contributed by atoms with Crippen molar-refractivity contribution in [3.8, 4) is 0 Å². The molecule has 0 radical (unpaired) electrons. The van der Waals surface area contributed by atoms with E-state index in [-0.39, 0.29) is 35.9 Å². The maximum atomic E-state index is 12.4. The normalized spacial score (nSPS) is 23.4. The Morgan fingerprint density at radius 1 is 1.08 bits per heavy atom. The van der Waals surface area contributed by atoms with Crippen molar-refractivity contribution in [3.63, 3.8) is 0 Å². The van der Waals surface area contributed by atoms with Crippen molar-refractivity contribution in [2.24, 2.45) is 0 Å². The van der Waals surface area contributed by atoms with Gasteiger partial charge in [-0.2, -0.15) is 0 Å². The van der Waals surface area contributed by atoms with Crippen LogP contribution < -0.4 is 5.32 Å². The van der Waals surface area contributed by atoms with Crippen molar-refractivity contribution in [1.29, 1.82) is 0 Å². The zero-order valence-corrected chi connectivity index (χ0v) is 14.9. The monoisotopic (exact) mass is 365 g/mol. The number of rotatable bonds is 4. The van der Waals surface area contributed by atoms with Crippen LogP contribution in [-0.2, 0) is 14.6 Å². The first-order valence-corrected chi connectivity index (χ1v) is 10.3. The number of hydrogen-bond donors (Lipinski definition) is 1. The molecule has 0 bridgehead atoms. The summed E-state index contributed by atoms with van der Waals surface area (Å²) in [6.45, 7) is 2.67. The summed E-state index contributed by atoms with van der Waals surface area (Å²) >= 11 is 0. The van der Waals surface area contributed by atoms with Crippen molar-refractivity contribution in [1.82, 2.24) is 15.1 Å². The summed E-state index contributed by atoms with van der Waals surface area (Å²) in [5.41, 5.74) is 0.677. The summed E-state index contributed by atoms with van der Waals surface area (Å²) in [5.74, 6) is 0.0573. The van der Waals surface area contributed by atoms with Crippen LogP contribution in [0.2, 0.25) is 0 Å². The number of nitrogens with one attached hydrogen (secondary N) is 1. The number of hydrogen-bond acceptors (Lipinski definition) is 5. The van der Waals surface area contributed by atoms with Crippen LogP contribution in [0.1, 0.15) is 16.8 Å². The van der Waals surface area contributed by atoms with E-state index in [1.807, 2.05) is 23.1 Å². The summed E-state index contributed by atoms with van der Waals surface area (Å²) < 4.78 is 22.9. The first-order chi connectivity index (χ1) is 11.9. The molecule has 1 atom stereocenters. The second-order valence-electron chi connectivity index (χ2n) is 6.60. The van der Waals surface area contributed by atoms with Crippen LogP contribution in [0.3, 0.4) is 0 Å². The van der Waals surface area contributed by atoms with Crippen molar-refractivity contribution in [2.45, 2.75) is 12.5 Å². The van der Waals surface area contributed by atoms with Gasteiger partial charge in [0.1, 0.15) is 0 Å². The SMILES string of the molecule is O=C(CN1CCN(C(=O)c2ccccc2)CC1)N[C@H]1CCS(=O)(=O)C1. The van der Waals surface area contributed by atoms with Crippen molar-refractivity contribution >= 4 is 21.7 Å². The number of amides is 2. The topological polar surface area (TPSA) is 86.8 Å². The molecule has 0 unspecified atom stereocenters. The van der Waals surface area contributed by atoms with E-state index in [9.17, 15) is 18.0 Å². The standard InChI is InChI=1S/C17H23N3O4S/c21-16(18-15-6-11-25(23,24)13-15)12-19-7-9-20(10-8-19)17(22)14-4-2-1-3-5-14/h1-5,15H,6-13H2,(H,18,21)/t15-/m0/s1. The molecule has 3 rings (SSSR count). The minimum Gasteiger partial charge on any atom is -0.351 e. The van der Waals surface area contributed by atoms with Gasteiger partial charge >= 0.3 is 0 Å². The van der Waals surface area contributed by atoms with Gasteiger partial charge in [-0.05, 0) is 18.6 Å². The van der Waals surface area contributed by atoms with Crippen LogP contribution in [0.5, 0.6) is 0 Å². The lowest BCUT2D eigenvalue weighted by molar-refractivity contribution is -0.123. The van der Waals surface area contributed by atoms with E-state index in [2.05, 4.69) is 5.32 Å². The second kappa shape index (κ2) is 7.53. The van der Waals surface area contributed by atoms with E-state index >= 15 is 0 Å². The highest BCUT2D eigenvalue weighted by Gasteiger charge is 2.29. The molecule has 2 aliphatic heterocycles. The maximum Gasteiger partial charge on any atom is 0.253 e. The molecule has 8 heteroatoms. The fourth-order valence-electron chi connectivity index (χ4n) is 3.26. The Hall–Kier alpha value is -1.93. The number of carbonyl (C=O) groups is 2. The molecule has 2 fully saturated rings. The third kappa shape index (κ3) is 4.79. The Labute approximate surface area is 147 Å². The Morgan fingerprint density at radius 3 is 2.36 bits per heavy atom. The number of sulfone groups is 1. The van der Waals surface area contributed by atoms with Gasteiger partial charge in [-0.1, -0.05) is 18.2 Å². The molecule has 1 aromatic rings. The Balaban J connectivity index is 1.43. The van der Waals surface area contributed by atoms with Gasteiger partial charge in [0, 0.05) is 37.8 Å². The van der Waals surface area contributed by atoms with Gasteiger partial charge in [-0.3, -0.25) is 14.5 Å². The van der Waals surface area contributed by atoms with Crippen LogP contribution >= 0.6 is 0 Å². The van der Waals surface area contributed by atoms with E-state index in [0.717, 1.165) is 0 Å². The molecule has 1 N–H and O–H groups in total. The van der Waals surface area contributed by atoms with Gasteiger partial charge in [0.05, 0.1) is 18.1 Å². The van der Waals surface area contributed by atoms with Gasteiger partial charge in [0.15, 0.2) is 9.84 Å². The lowest BCUT2D eigenvalue weighted by atomic mass is 10.2. The molecule has 25 heavy (non-hydrogen) atoms. The zero-order chi connectivity index (χ0) is 17.9. The molecule has 0 aromatic heterocycles. The predicted molar refractivity (Wildman–Crippen MR) is 94.0 cm³/mol. The summed E-state index contributed by atoms with van der Waals surface area (Å²) in [4.78, 5) is 28.3. The molecule has 0 spiro atoms. The van der Waals surface area contributed by atoms with Crippen LogP contribution in [-0.4, -0.2) is 80.3 Å². The van der Waals surface area contributed by atoms with E-state index in [1.54, 1.807) is 17.0 Å². The summed E-state index contributed by atoms with van der Waals surface area (Å²) in [5, 5.41) is 2.80. The number of piperazine rings is 1. The highest BCUT2D eigenvalue weighted by atomic mass is 32.2. The predicted octanol–water partition coefficient (Wildman–Crippen LogP) is -0.252. The summed E-state index contributed by atoms with van der Waals surface area (Å²) in [6.07, 6.45) is 0.493. The van der Waals surface area contributed by atoms with Gasteiger partial charge in [-0.15, -0.1) is 0 Å². The summed E-state index contributed by atoms with van der Waals surface area (Å²) in [7, 11) is -2.99. The molecule has 7 nitrogen and oxygen atoms in total. The van der Waals surface area contributed by atoms with Crippen LogP contribution in [0, 0.1) is 0 Å². The molecule has 2 aliphatic rings. The maximum absolute atomic E-state index is 12.4. The fourth-order valence-corrected chi connectivity index (χ4v) is 4.93. The van der Waals surface area contributed by atoms with Crippen LogP contribution in [0.4, 0.5) is 0 Å². The lowest BCUT2D eigenvalue weighted by Gasteiger charge is -2.34. The lowest BCUT2D eigenvalue weighted by Crippen LogP contribution is -2.52. The quantitative estimate of drug-likeness (QED) is 0.795. The zero-order valence-electron chi connectivity index (χ0n) is 14.1. The number of benzene rings is 1. The Morgan fingerprint density at radius 2 is 1.76 bits per heavy atom. The molecule has 2 heterocycles. The van der Waals surface area contributed by atoms with Crippen LogP contribution in [0.15, 0.2) is 30.3 Å². The minimum absolute atomic E-state index is 0.0147. The fraction of sp³-hybridized carbons (Fsp3) is 0.529. The second-order valence-corrected chi connectivity index (χ2v) is 8.83. The molecular formula is C17H23N3O4S. The molecule has 0 aliphatic carbocycles. The molecule has 0 saturated carbocycles. The smallest absolute Gasteiger partial charge is 0.253 e. The van der Waals surface area contributed by atoms with E-state index in [0.29, 0.717) is 38.2 Å². The van der Waals surface area contributed by atoms with Crippen molar-refractivity contribution < 1.29 is 18.0 Å². The van der Waals surface area contributed by atoms with Gasteiger partial charge in [-0.25, -0.2) is 8.42 Å². The van der Waals surface area contributed by atoms with E-state index < -0.39 is 9.84 Å².